The molecule has 2 amide bonds. The first-order valence-electron chi connectivity index (χ1n) is 8.97. The molecule has 1 saturated heterocycles. The van der Waals surface area contributed by atoms with Gasteiger partial charge in [0.25, 0.3) is 11.8 Å². The number of nitrogens with two attached hydrogens (primary N) is 1. The van der Waals surface area contributed by atoms with Gasteiger partial charge in [-0.2, -0.15) is 13.2 Å². The second-order valence-corrected chi connectivity index (χ2v) is 6.61. The predicted octanol–water partition coefficient (Wildman–Crippen LogP) is 2.53. The van der Waals surface area contributed by atoms with Crippen LogP contribution in [-0.2, 0) is 11.0 Å². The molecule has 0 aromatic heterocycles. The number of carbonyl (C=O) groups is 2. The SMILES string of the molecule is NC(=O)COc1ccc(C(=O)N2CCN(c3cccc(C(F)(F)F)c3)CC2)cc1. The summed E-state index contributed by atoms with van der Waals surface area (Å²) in [5, 5.41) is 0. The van der Waals surface area contributed by atoms with Crippen LogP contribution in [0, 0.1) is 0 Å². The summed E-state index contributed by atoms with van der Waals surface area (Å²) >= 11 is 0. The van der Waals surface area contributed by atoms with Crippen molar-refractivity contribution in [1.82, 2.24) is 4.90 Å². The number of nitrogens with zero attached hydrogens (tertiary/aromatic N) is 2. The molecule has 2 aromatic carbocycles. The number of benzene rings is 2. The molecule has 3 rings (SSSR count). The highest BCUT2D eigenvalue weighted by Gasteiger charge is 2.31. The molecule has 2 N–H and O–H groups in total. The van der Waals surface area contributed by atoms with E-state index in [2.05, 4.69) is 0 Å². The fourth-order valence-electron chi connectivity index (χ4n) is 3.08. The van der Waals surface area contributed by atoms with E-state index in [1.54, 1.807) is 35.2 Å². The van der Waals surface area contributed by atoms with Crippen molar-refractivity contribution in [1.29, 1.82) is 0 Å². The number of piperazine rings is 1. The molecule has 9 heteroatoms. The maximum absolute atomic E-state index is 12.9. The van der Waals surface area contributed by atoms with Gasteiger partial charge in [0.2, 0.25) is 0 Å². The molecule has 0 bridgehead atoms. The highest BCUT2D eigenvalue weighted by Crippen LogP contribution is 2.32. The van der Waals surface area contributed by atoms with E-state index in [-0.39, 0.29) is 12.5 Å². The predicted molar refractivity (Wildman–Crippen MR) is 101 cm³/mol. The maximum Gasteiger partial charge on any atom is 0.416 e. The van der Waals surface area contributed by atoms with Crippen molar-refractivity contribution in [3.8, 4) is 5.75 Å². The Balaban J connectivity index is 1.59. The van der Waals surface area contributed by atoms with Gasteiger partial charge in [-0.05, 0) is 42.5 Å². The Bertz CT molecular complexity index is 877. The van der Waals surface area contributed by atoms with Crippen molar-refractivity contribution >= 4 is 17.5 Å². The first-order valence-corrected chi connectivity index (χ1v) is 8.97. The van der Waals surface area contributed by atoms with Gasteiger partial charge in [-0.25, -0.2) is 0 Å². The number of hydrogen-bond donors (Lipinski definition) is 1. The van der Waals surface area contributed by atoms with Crippen molar-refractivity contribution in [2.24, 2.45) is 5.73 Å². The van der Waals surface area contributed by atoms with Crippen LogP contribution >= 0.6 is 0 Å². The molecule has 0 radical (unpaired) electrons. The monoisotopic (exact) mass is 407 g/mol. The third-order valence-electron chi connectivity index (χ3n) is 4.59. The number of halogens is 3. The lowest BCUT2D eigenvalue weighted by molar-refractivity contribution is -0.137. The quantitative estimate of drug-likeness (QED) is 0.827. The molecule has 1 aliphatic heterocycles. The summed E-state index contributed by atoms with van der Waals surface area (Å²) in [5.41, 5.74) is 5.28. The molecule has 0 saturated carbocycles. The molecule has 1 aliphatic rings. The minimum Gasteiger partial charge on any atom is -0.484 e. The summed E-state index contributed by atoms with van der Waals surface area (Å²) in [4.78, 5) is 26.9. The molecule has 0 unspecified atom stereocenters. The molecule has 154 valence electrons. The van der Waals surface area contributed by atoms with Gasteiger partial charge in [0, 0.05) is 37.4 Å². The van der Waals surface area contributed by atoms with Gasteiger partial charge in [-0.1, -0.05) is 6.07 Å². The van der Waals surface area contributed by atoms with Crippen LogP contribution in [0.4, 0.5) is 18.9 Å². The average Bonchev–Trinajstić information content (AvgIpc) is 2.72. The fraction of sp³-hybridized carbons (Fsp3) is 0.300. The zero-order valence-electron chi connectivity index (χ0n) is 15.5. The van der Waals surface area contributed by atoms with Crippen LogP contribution < -0.4 is 15.4 Å². The molecule has 1 heterocycles. The summed E-state index contributed by atoms with van der Waals surface area (Å²) in [6.45, 7) is 1.43. The molecule has 2 aromatic rings. The number of amides is 2. The van der Waals surface area contributed by atoms with Crippen molar-refractivity contribution in [3.05, 3.63) is 59.7 Å². The number of primary amides is 1. The minimum atomic E-state index is -4.39. The molecule has 1 fully saturated rings. The number of hydrogen-bond acceptors (Lipinski definition) is 4. The van der Waals surface area contributed by atoms with Crippen LogP contribution in [-0.4, -0.2) is 49.5 Å². The highest BCUT2D eigenvalue weighted by atomic mass is 19.4. The van der Waals surface area contributed by atoms with Crippen molar-refractivity contribution in [2.75, 3.05) is 37.7 Å². The van der Waals surface area contributed by atoms with E-state index in [1.807, 2.05) is 4.90 Å². The van der Waals surface area contributed by atoms with Gasteiger partial charge < -0.3 is 20.3 Å². The second-order valence-electron chi connectivity index (χ2n) is 6.61. The van der Waals surface area contributed by atoms with Crippen LogP contribution in [0.5, 0.6) is 5.75 Å². The Morgan fingerprint density at radius 1 is 1.00 bits per heavy atom. The number of carbonyl (C=O) groups excluding carboxylic acids is 2. The Labute approximate surface area is 165 Å². The van der Waals surface area contributed by atoms with Gasteiger partial charge in [-0.15, -0.1) is 0 Å². The lowest BCUT2D eigenvalue weighted by Crippen LogP contribution is -2.48. The minimum absolute atomic E-state index is 0.171. The number of anilines is 1. The highest BCUT2D eigenvalue weighted by molar-refractivity contribution is 5.94. The zero-order chi connectivity index (χ0) is 21.0. The van der Waals surface area contributed by atoms with Crippen LogP contribution in [0.25, 0.3) is 0 Å². The maximum atomic E-state index is 12.9. The van der Waals surface area contributed by atoms with Crippen LogP contribution in [0.1, 0.15) is 15.9 Å². The Kier molecular flexibility index (Phi) is 5.95. The zero-order valence-corrected chi connectivity index (χ0v) is 15.5. The van der Waals surface area contributed by atoms with E-state index in [1.165, 1.54) is 6.07 Å². The number of alkyl halides is 3. The smallest absolute Gasteiger partial charge is 0.416 e. The molecular formula is C20H20F3N3O3. The third kappa shape index (κ3) is 5.18. The fourth-order valence-corrected chi connectivity index (χ4v) is 3.08. The number of ether oxygens (including phenoxy) is 1. The first kappa shape index (κ1) is 20.5. The van der Waals surface area contributed by atoms with E-state index < -0.39 is 17.6 Å². The normalized spacial score (nSPS) is 14.6. The van der Waals surface area contributed by atoms with Gasteiger partial charge in [0.1, 0.15) is 5.75 Å². The average molecular weight is 407 g/mol. The molecular weight excluding hydrogens is 387 g/mol. The number of rotatable bonds is 5. The van der Waals surface area contributed by atoms with Gasteiger partial charge in [0.15, 0.2) is 6.61 Å². The van der Waals surface area contributed by atoms with Crippen LogP contribution in [0.15, 0.2) is 48.5 Å². The topological polar surface area (TPSA) is 75.9 Å². The lowest BCUT2D eigenvalue weighted by Gasteiger charge is -2.36. The van der Waals surface area contributed by atoms with Crippen molar-refractivity contribution in [2.45, 2.75) is 6.18 Å². The molecule has 29 heavy (non-hydrogen) atoms. The van der Waals surface area contributed by atoms with Gasteiger partial charge >= 0.3 is 6.18 Å². The summed E-state index contributed by atoms with van der Waals surface area (Å²) in [6, 6.07) is 11.5. The van der Waals surface area contributed by atoms with Crippen molar-refractivity contribution in [3.63, 3.8) is 0 Å². The summed E-state index contributed by atoms with van der Waals surface area (Å²) in [5.74, 6) is -0.339. The summed E-state index contributed by atoms with van der Waals surface area (Å²) in [6.07, 6.45) is -4.39. The Hall–Kier alpha value is -3.23. The first-order chi connectivity index (χ1) is 13.7. The summed E-state index contributed by atoms with van der Waals surface area (Å²) in [7, 11) is 0. The standard InChI is InChI=1S/C20H20F3N3O3/c21-20(22,23)15-2-1-3-16(12-15)25-8-10-26(11-9-25)19(28)14-4-6-17(7-5-14)29-13-18(24)27/h1-7,12H,8-11,13H2,(H2,24,27). The van der Waals surface area contributed by atoms with Crippen LogP contribution in [0.3, 0.4) is 0 Å². The Morgan fingerprint density at radius 3 is 2.24 bits per heavy atom. The third-order valence-corrected chi connectivity index (χ3v) is 4.59. The van der Waals surface area contributed by atoms with E-state index in [4.69, 9.17) is 10.5 Å². The Morgan fingerprint density at radius 2 is 1.66 bits per heavy atom. The van der Waals surface area contributed by atoms with Gasteiger partial charge in [0.05, 0.1) is 5.56 Å². The lowest BCUT2D eigenvalue weighted by atomic mass is 10.1. The van der Waals surface area contributed by atoms with E-state index in [0.717, 1.165) is 12.1 Å². The van der Waals surface area contributed by atoms with Crippen LogP contribution in [0.2, 0.25) is 0 Å². The molecule has 0 aliphatic carbocycles. The van der Waals surface area contributed by atoms with Crippen molar-refractivity contribution < 1.29 is 27.5 Å². The molecule has 0 atom stereocenters. The van der Waals surface area contributed by atoms with E-state index in [0.29, 0.717) is 43.2 Å². The molecule has 6 nitrogen and oxygen atoms in total. The van der Waals surface area contributed by atoms with E-state index >= 15 is 0 Å². The van der Waals surface area contributed by atoms with Gasteiger partial charge in [-0.3, -0.25) is 9.59 Å². The van der Waals surface area contributed by atoms with E-state index in [9.17, 15) is 22.8 Å². The summed E-state index contributed by atoms with van der Waals surface area (Å²) < 4.78 is 43.9. The largest absolute Gasteiger partial charge is 0.484 e. The second kappa shape index (κ2) is 8.42. The molecule has 0 spiro atoms.